The fraction of sp³-hybridized carbons (Fsp3) is 0.0952. The van der Waals surface area contributed by atoms with Crippen molar-refractivity contribution in [3.63, 3.8) is 0 Å². The Hall–Kier alpha value is -3.24. The minimum absolute atomic E-state index is 0.285. The third kappa shape index (κ3) is 3.57. The van der Waals surface area contributed by atoms with Crippen molar-refractivity contribution in [2.45, 2.75) is 13.1 Å². The predicted molar refractivity (Wildman–Crippen MR) is 116 cm³/mol. The number of nitrogens with zero attached hydrogens (tertiary/aromatic N) is 3. The lowest BCUT2D eigenvalue weighted by atomic mass is 10.2. The van der Waals surface area contributed by atoms with Crippen molar-refractivity contribution in [2.24, 2.45) is 0 Å². The van der Waals surface area contributed by atoms with Gasteiger partial charge in [-0.15, -0.1) is 11.3 Å². The quantitative estimate of drug-likeness (QED) is 0.346. The van der Waals surface area contributed by atoms with E-state index in [1.807, 2.05) is 24.3 Å². The summed E-state index contributed by atoms with van der Waals surface area (Å²) in [6.07, 6.45) is -4.45. The molecule has 0 saturated carbocycles. The lowest BCUT2D eigenvalue weighted by Gasteiger charge is -2.09. The van der Waals surface area contributed by atoms with Crippen LogP contribution in [0.25, 0.3) is 26.1 Å². The lowest BCUT2D eigenvalue weighted by molar-refractivity contribution is -0.137. The molecule has 5 aromatic rings. The first-order valence-corrected chi connectivity index (χ1v) is 10.8. The molecule has 0 saturated heterocycles. The van der Waals surface area contributed by atoms with Crippen LogP contribution in [0.15, 0.2) is 54.6 Å². The van der Waals surface area contributed by atoms with E-state index in [0.29, 0.717) is 20.5 Å². The second kappa shape index (κ2) is 7.17. The molecule has 0 aliphatic carbocycles. The number of alkyl halides is 3. The molecule has 1 N–H and O–H groups in total. The number of nitrogens with one attached hydrogen (secondary N) is 1. The van der Waals surface area contributed by atoms with Gasteiger partial charge >= 0.3 is 6.18 Å². The van der Waals surface area contributed by atoms with Gasteiger partial charge in [-0.25, -0.2) is 9.67 Å². The summed E-state index contributed by atoms with van der Waals surface area (Å²) in [5, 5.41) is 8.39. The van der Waals surface area contributed by atoms with Crippen LogP contribution in [0.3, 0.4) is 0 Å². The number of amides is 1. The van der Waals surface area contributed by atoms with E-state index in [1.165, 1.54) is 33.4 Å². The third-order valence-corrected chi connectivity index (χ3v) is 6.76. The number of benzene rings is 2. The van der Waals surface area contributed by atoms with Gasteiger partial charge in [-0.05, 0) is 43.3 Å². The average molecular weight is 458 g/mol. The molecule has 0 spiro atoms. The van der Waals surface area contributed by atoms with Crippen LogP contribution >= 0.6 is 22.7 Å². The van der Waals surface area contributed by atoms with Crippen LogP contribution < -0.4 is 5.32 Å². The summed E-state index contributed by atoms with van der Waals surface area (Å²) < 4.78 is 41.7. The van der Waals surface area contributed by atoms with Gasteiger partial charge in [-0.3, -0.25) is 10.1 Å². The topological polar surface area (TPSA) is 59.8 Å². The first-order chi connectivity index (χ1) is 14.8. The molecule has 10 heteroatoms. The van der Waals surface area contributed by atoms with Crippen LogP contribution in [0.5, 0.6) is 0 Å². The fourth-order valence-electron chi connectivity index (χ4n) is 3.23. The Bertz CT molecular complexity index is 1420. The van der Waals surface area contributed by atoms with Gasteiger partial charge in [-0.2, -0.15) is 18.3 Å². The molecule has 0 bridgehead atoms. The molecule has 5 rings (SSSR count). The minimum Gasteiger partial charge on any atom is -0.297 e. The molecule has 156 valence electrons. The van der Waals surface area contributed by atoms with E-state index < -0.39 is 11.7 Å². The molecule has 5 nitrogen and oxygen atoms in total. The smallest absolute Gasteiger partial charge is 0.297 e. The molecule has 3 heterocycles. The largest absolute Gasteiger partial charge is 0.416 e. The first-order valence-electron chi connectivity index (χ1n) is 9.13. The standard InChI is InChI=1S/C21H13F3N4OS2/c1-11-14-10-17(18(29)26-20-25-15-7-2-3-8-16(15)31-20)30-19(14)28(27-11)13-6-4-5-12(9-13)21(22,23)24/h2-10H,1H3,(H,25,26,29). The second-order valence-electron chi connectivity index (χ2n) is 6.82. The Labute approximate surface area is 181 Å². The predicted octanol–water partition coefficient (Wildman–Crippen LogP) is 6.28. The molecule has 0 fully saturated rings. The lowest BCUT2D eigenvalue weighted by Crippen LogP contribution is -2.09. The summed E-state index contributed by atoms with van der Waals surface area (Å²) in [5.41, 5.74) is 0.961. The molecule has 1 amide bonds. The zero-order chi connectivity index (χ0) is 21.8. The number of halogens is 3. The SMILES string of the molecule is Cc1nn(-c2cccc(C(F)(F)F)c2)c2sc(C(=O)Nc3nc4ccccc4s3)cc12. The van der Waals surface area contributed by atoms with Gasteiger partial charge in [0.25, 0.3) is 5.91 Å². The van der Waals surface area contributed by atoms with E-state index in [1.54, 1.807) is 19.1 Å². The maximum atomic E-state index is 13.1. The molecule has 0 atom stereocenters. The molecular weight excluding hydrogens is 445 g/mol. The van der Waals surface area contributed by atoms with Crippen LogP contribution in [-0.4, -0.2) is 20.7 Å². The first kappa shape index (κ1) is 19.7. The fourth-order valence-corrected chi connectivity index (χ4v) is 5.17. The molecule has 0 aliphatic heterocycles. The highest BCUT2D eigenvalue weighted by Crippen LogP contribution is 2.34. The van der Waals surface area contributed by atoms with Gasteiger partial charge in [0.1, 0.15) is 4.83 Å². The van der Waals surface area contributed by atoms with Gasteiger partial charge in [0, 0.05) is 5.39 Å². The van der Waals surface area contributed by atoms with Crippen molar-refractivity contribution in [1.29, 1.82) is 0 Å². The van der Waals surface area contributed by atoms with Crippen molar-refractivity contribution in [3.8, 4) is 5.69 Å². The molecular formula is C21H13F3N4OS2. The molecule has 3 aromatic heterocycles. The average Bonchev–Trinajstić information content (AvgIpc) is 3.41. The van der Waals surface area contributed by atoms with Crippen LogP contribution in [0, 0.1) is 6.92 Å². The number of thiophene rings is 1. The second-order valence-corrected chi connectivity index (χ2v) is 8.88. The number of rotatable bonds is 3. The number of thiazole rings is 1. The van der Waals surface area contributed by atoms with Crippen molar-refractivity contribution in [3.05, 3.63) is 70.7 Å². The Morgan fingerprint density at radius 2 is 1.87 bits per heavy atom. The Kier molecular flexibility index (Phi) is 4.56. The van der Waals surface area contributed by atoms with Gasteiger partial charge in [0.15, 0.2) is 5.13 Å². The highest BCUT2D eigenvalue weighted by molar-refractivity contribution is 7.23. The van der Waals surface area contributed by atoms with E-state index in [-0.39, 0.29) is 11.6 Å². The van der Waals surface area contributed by atoms with Crippen molar-refractivity contribution >= 4 is 54.1 Å². The molecule has 0 aliphatic rings. The summed E-state index contributed by atoms with van der Waals surface area (Å²) in [6, 6.07) is 14.2. The van der Waals surface area contributed by atoms with Crippen LogP contribution in [0.1, 0.15) is 20.9 Å². The number of para-hydroxylation sites is 1. The summed E-state index contributed by atoms with van der Waals surface area (Å²) in [5.74, 6) is -0.324. The van der Waals surface area contributed by atoms with Crippen LogP contribution in [-0.2, 0) is 6.18 Å². The normalized spacial score (nSPS) is 12.0. The zero-order valence-electron chi connectivity index (χ0n) is 15.9. The Morgan fingerprint density at radius 1 is 1.06 bits per heavy atom. The van der Waals surface area contributed by atoms with E-state index in [9.17, 15) is 18.0 Å². The molecule has 0 unspecified atom stereocenters. The van der Waals surface area contributed by atoms with Crippen LogP contribution in [0.2, 0.25) is 0 Å². The number of hydrogen-bond acceptors (Lipinski definition) is 5. The number of aromatic nitrogens is 3. The monoisotopic (exact) mass is 458 g/mol. The number of hydrogen-bond donors (Lipinski definition) is 1. The van der Waals surface area contributed by atoms with Gasteiger partial charge < -0.3 is 0 Å². The Balaban J connectivity index is 1.50. The summed E-state index contributed by atoms with van der Waals surface area (Å²) in [4.78, 5) is 18.2. The zero-order valence-corrected chi connectivity index (χ0v) is 17.5. The maximum absolute atomic E-state index is 13.1. The minimum atomic E-state index is -4.45. The maximum Gasteiger partial charge on any atom is 0.416 e. The number of fused-ring (bicyclic) bond motifs is 2. The molecule has 0 radical (unpaired) electrons. The van der Waals surface area contributed by atoms with Gasteiger partial charge in [0.05, 0.1) is 32.0 Å². The summed E-state index contributed by atoms with van der Waals surface area (Å²) in [6.45, 7) is 1.76. The van der Waals surface area contributed by atoms with Gasteiger partial charge in [0.2, 0.25) is 0 Å². The highest BCUT2D eigenvalue weighted by atomic mass is 32.1. The third-order valence-electron chi connectivity index (χ3n) is 4.70. The number of carbonyl (C=O) groups excluding carboxylic acids is 1. The Morgan fingerprint density at radius 3 is 2.65 bits per heavy atom. The van der Waals surface area contributed by atoms with Crippen molar-refractivity contribution in [2.75, 3.05) is 5.32 Å². The summed E-state index contributed by atoms with van der Waals surface area (Å²) in [7, 11) is 0. The van der Waals surface area contributed by atoms with E-state index >= 15 is 0 Å². The van der Waals surface area contributed by atoms with Crippen molar-refractivity contribution < 1.29 is 18.0 Å². The number of carbonyl (C=O) groups is 1. The van der Waals surface area contributed by atoms with Crippen LogP contribution in [0.4, 0.5) is 18.3 Å². The molecule has 2 aromatic carbocycles. The van der Waals surface area contributed by atoms with E-state index in [4.69, 9.17) is 0 Å². The number of aryl methyl sites for hydroxylation is 1. The van der Waals surface area contributed by atoms with E-state index in [2.05, 4.69) is 15.4 Å². The highest BCUT2D eigenvalue weighted by Gasteiger charge is 2.31. The molecule has 31 heavy (non-hydrogen) atoms. The summed E-state index contributed by atoms with van der Waals surface area (Å²) >= 11 is 2.54. The number of anilines is 1. The van der Waals surface area contributed by atoms with Crippen molar-refractivity contribution in [1.82, 2.24) is 14.8 Å². The van der Waals surface area contributed by atoms with Gasteiger partial charge in [-0.1, -0.05) is 29.5 Å². The van der Waals surface area contributed by atoms with E-state index in [0.717, 1.165) is 27.7 Å².